The predicted molar refractivity (Wildman–Crippen MR) is 85.6 cm³/mol. The number of anilines is 1. The third-order valence-electron chi connectivity index (χ3n) is 4.33. The lowest BCUT2D eigenvalue weighted by Crippen LogP contribution is -2.35. The van der Waals surface area contributed by atoms with Crippen molar-refractivity contribution >= 4 is 11.4 Å². The van der Waals surface area contributed by atoms with Gasteiger partial charge in [0.25, 0.3) is 0 Å². The molecule has 2 heterocycles. The Morgan fingerprint density at radius 1 is 1.36 bits per heavy atom. The molecule has 0 radical (unpaired) electrons. The Hall–Kier alpha value is -2.08. The summed E-state index contributed by atoms with van der Waals surface area (Å²) >= 11 is 0. The lowest BCUT2D eigenvalue weighted by molar-refractivity contribution is -0.385. The van der Waals surface area contributed by atoms with E-state index < -0.39 is 0 Å². The zero-order chi connectivity index (χ0) is 15.5. The van der Waals surface area contributed by atoms with Crippen LogP contribution in [0, 0.1) is 10.1 Å². The number of nitrogens with zero attached hydrogens (tertiary/aromatic N) is 3. The fourth-order valence-corrected chi connectivity index (χ4v) is 3.27. The average molecular weight is 303 g/mol. The van der Waals surface area contributed by atoms with Gasteiger partial charge in [0.2, 0.25) is 0 Å². The second-order valence-electron chi connectivity index (χ2n) is 5.63. The number of hydrogen-bond acceptors (Lipinski definition) is 5. The van der Waals surface area contributed by atoms with Gasteiger partial charge in [0.1, 0.15) is 5.69 Å². The Bertz CT molecular complexity index is 580. The molecule has 0 bridgehead atoms. The van der Waals surface area contributed by atoms with Crippen molar-refractivity contribution < 1.29 is 9.66 Å². The monoisotopic (exact) mass is 303 g/mol. The first-order chi connectivity index (χ1) is 10.7. The zero-order valence-electron chi connectivity index (χ0n) is 12.8. The quantitative estimate of drug-likeness (QED) is 0.475. The van der Waals surface area contributed by atoms with Crippen molar-refractivity contribution in [2.45, 2.75) is 19.4 Å². The van der Waals surface area contributed by atoms with Crippen molar-refractivity contribution in [3.05, 3.63) is 40.5 Å². The van der Waals surface area contributed by atoms with E-state index >= 15 is 0 Å². The fourth-order valence-electron chi connectivity index (χ4n) is 3.27. The van der Waals surface area contributed by atoms with Crippen LogP contribution < -0.4 is 9.64 Å². The number of para-hydroxylation sites is 1. The van der Waals surface area contributed by atoms with Gasteiger partial charge in [0, 0.05) is 32.2 Å². The third-order valence-corrected chi connectivity index (χ3v) is 4.33. The number of rotatable bonds is 5. The van der Waals surface area contributed by atoms with Crippen LogP contribution in [-0.2, 0) is 0 Å². The molecule has 1 aromatic carbocycles. The van der Waals surface area contributed by atoms with Crippen LogP contribution in [0.1, 0.15) is 13.3 Å². The van der Waals surface area contributed by atoms with E-state index in [4.69, 9.17) is 4.74 Å². The van der Waals surface area contributed by atoms with Crippen molar-refractivity contribution in [3.63, 3.8) is 0 Å². The lowest BCUT2D eigenvalue weighted by atomic mass is 10.2. The molecule has 22 heavy (non-hydrogen) atoms. The van der Waals surface area contributed by atoms with Gasteiger partial charge < -0.3 is 9.64 Å². The molecular formula is C16H21N3O3. The van der Waals surface area contributed by atoms with Gasteiger partial charge in [-0.3, -0.25) is 15.0 Å². The van der Waals surface area contributed by atoms with E-state index in [9.17, 15) is 10.1 Å². The van der Waals surface area contributed by atoms with Crippen LogP contribution in [0.5, 0.6) is 5.75 Å². The number of benzene rings is 1. The summed E-state index contributed by atoms with van der Waals surface area (Å²) in [6.45, 7) is 5.91. The van der Waals surface area contributed by atoms with Crippen molar-refractivity contribution in [2.75, 3.05) is 37.7 Å². The summed E-state index contributed by atoms with van der Waals surface area (Å²) in [6, 6.07) is 5.79. The minimum atomic E-state index is -0.328. The third kappa shape index (κ3) is 2.78. The van der Waals surface area contributed by atoms with Crippen LogP contribution in [0.2, 0.25) is 0 Å². The molecule has 1 atom stereocenters. The Balaban J connectivity index is 1.82. The molecule has 1 aromatic rings. The van der Waals surface area contributed by atoms with Crippen molar-refractivity contribution in [1.82, 2.24) is 4.90 Å². The Morgan fingerprint density at radius 3 is 2.82 bits per heavy atom. The molecule has 6 heteroatoms. The Kier molecular flexibility index (Phi) is 4.29. The highest BCUT2D eigenvalue weighted by Gasteiger charge is 2.32. The number of hydrogen-bond donors (Lipinski definition) is 0. The van der Waals surface area contributed by atoms with Crippen LogP contribution in [0.3, 0.4) is 0 Å². The lowest BCUT2D eigenvalue weighted by Gasteiger charge is -2.24. The van der Waals surface area contributed by atoms with Crippen LogP contribution in [0.4, 0.5) is 11.4 Å². The SMILES string of the molecule is CCOc1cccc(N2CC[C@H](N3CC=CC3)C2)c1[N+](=O)[O-]. The number of nitro groups is 1. The molecule has 118 valence electrons. The van der Waals surface area contributed by atoms with E-state index in [1.807, 2.05) is 19.1 Å². The minimum absolute atomic E-state index is 0.0875. The highest BCUT2D eigenvalue weighted by molar-refractivity contribution is 5.70. The molecule has 2 aliphatic rings. The molecule has 0 aromatic heterocycles. The summed E-state index contributed by atoms with van der Waals surface area (Å²) in [4.78, 5) is 15.7. The second kappa shape index (κ2) is 6.36. The normalized spacial score (nSPS) is 21.5. The smallest absolute Gasteiger partial charge is 0.333 e. The number of ether oxygens (including phenoxy) is 1. The molecule has 0 saturated carbocycles. The maximum Gasteiger partial charge on any atom is 0.333 e. The molecule has 3 rings (SSSR count). The fraction of sp³-hybridized carbons (Fsp3) is 0.500. The summed E-state index contributed by atoms with van der Waals surface area (Å²) < 4.78 is 5.44. The molecule has 0 amide bonds. The zero-order valence-corrected chi connectivity index (χ0v) is 12.8. The van der Waals surface area contributed by atoms with Crippen LogP contribution in [-0.4, -0.2) is 48.7 Å². The van der Waals surface area contributed by atoms with Crippen LogP contribution in [0.25, 0.3) is 0 Å². The van der Waals surface area contributed by atoms with Crippen molar-refractivity contribution in [2.24, 2.45) is 0 Å². The maximum atomic E-state index is 11.5. The average Bonchev–Trinajstić information content (AvgIpc) is 3.18. The number of nitro benzene ring substituents is 1. The van der Waals surface area contributed by atoms with Crippen molar-refractivity contribution in [3.8, 4) is 5.75 Å². The predicted octanol–water partition coefficient (Wildman–Crippen LogP) is 2.44. The summed E-state index contributed by atoms with van der Waals surface area (Å²) in [7, 11) is 0. The molecule has 0 aliphatic carbocycles. The first-order valence-corrected chi connectivity index (χ1v) is 7.75. The van der Waals surface area contributed by atoms with E-state index in [0.29, 0.717) is 24.1 Å². The summed E-state index contributed by atoms with van der Waals surface area (Å²) in [5.41, 5.74) is 0.759. The molecule has 0 spiro atoms. The standard InChI is InChI=1S/C16H21N3O3/c1-2-22-15-7-5-6-14(16(15)19(20)21)18-11-8-13(12-18)17-9-3-4-10-17/h3-7,13H,2,8-12H2,1H3/t13-/m0/s1. The van der Waals surface area contributed by atoms with E-state index in [-0.39, 0.29) is 10.6 Å². The molecule has 2 aliphatic heterocycles. The van der Waals surface area contributed by atoms with Crippen LogP contribution in [0.15, 0.2) is 30.4 Å². The highest BCUT2D eigenvalue weighted by Crippen LogP contribution is 2.39. The molecular weight excluding hydrogens is 282 g/mol. The molecule has 1 fully saturated rings. The van der Waals surface area contributed by atoms with Gasteiger partial charge in [-0.25, -0.2) is 0 Å². The minimum Gasteiger partial charge on any atom is -0.487 e. The first kappa shape index (κ1) is 14.8. The largest absolute Gasteiger partial charge is 0.487 e. The van der Waals surface area contributed by atoms with E-state index in [2.05, 4.69) is 22.0 Å². The van der Waals surface area contributed by atoms with E-state index in [1.165, 1.54) is 0 Å². The summed E-state index contributed by atoms with van der Waals surface area (Å²) in [5, 5.41) is 11.5. The summed E-state index contributed by atoms with van der Waals surface area (Å²) in [6.07, 6.45) is 5.40. The van der Waals surface area contributed by atoms with Crippen LogP contribution >= 0.6 is 0 Å². The Labute approximate surface area is 130 Å². The van der Waals surface area contributed by atoms with Gasteiger partial charge in [-0.1, -0.05) is 18.2 Å². The van der Waals surface area contributed by atoms with Gasteiger partial charge in [0.05, 0.1) is 11.5 Å². The summed E-state index contributed by atoms with van der Waals surface area (Å²) in [5.74, 6) is 0.358. The topological polar surface area (TPSA) is 58.8 Å². The van der Waals surface area contributed by atoms with E-state index in [0.717, 1.165) is 32.6 Å². The molecule has 0 N–H and O–H groups in total. The van der Waals surface area contributed by atoms with E-state index in [1.54, 1.807) is 6.07 Å². The van der Waals surface area contributed by atoms with Gasteiger partial charge >= 0.3 is 5.69 Å². The molecule has 0 unspecified atom stereocenters. The highest BCUT2D eigenvalue weighted by atomic mass is 16.6. The maximum absolute atomic E-state index is 11.5. The van der Waals surface area contributed by atoms with Crippen molar-refractivity contribution in [1.29, 1.82) is 0 Å². The van der Waals surface area contributed by atoms with Gasteiger partial charge in [-0.15, -0.1) is 0 Å². The van der Waals surface area contributed by atoms with Gasteiger partial charge in [0.15, 0.2) is 5.75 Å². The van der Waals surface area contributed by atoms with Gasteiger partial charge in [-0.05, 0) is 25.5 Å². The molecule has 6 nitrogen and oxygen atoms in total. The molecule has 1 saturated heterocycles. The second-order valence-corrected chi connectivity index (χ2v) is 5.63. The Morgan fingerprint density at radius 2 is 2.14 bits per heavy atom. The first-order valence-electron chi connectivity index (χ1n) is 7.75. The van der Waals surface area contributed by atoms with Gasteiger partial charge in [-0.2, -0.15) is 0 Å².